The standard InChI is InChI=1S/C12H20N6O/c1-3-4-5-9(7-13)15-10-6-11-16-17-12(19)18(11)8(2)14-10/h6,9,15H,3-5,7,13H2,1-2H3,(H,17,19). The van der Waals surface area contributed by atoms with Crippen LogP contribution in [0.5, 0.6) is 0 Å². The van der Waals surface area contributed by atoms with Gasteiger partial charge in [-0.15, -0.1) is 0 Å². The number of fused-ring (bicyclic) bond motifs is 1. The topological polar surface area (TPSA) is 101 Å². The lowest BCUT2D eigenvalue weighted by Gasteiger charge is -2.17. The molecule has 0 radical (unpaired) electrons. The Kier molecular flexibility index (Phi) is 4.16. The summed E-state index contributed by atoms with van der Waals surface area (Å²) in [7, 11) is 0. The first kappa shape index (κ1) is 13.5. The molecule has 7 heteroatoms. The molecule has 2 rings (SSSR count). The summed E-state index contributed by atoms with van der Waals surface area (Å²) in [4.78, 5) is 15.9. The maximum Gasteiger partial charge on any atom is 0.349 e. The fourth-order valence-electron chi connectivity index (χ4n) is 2.08. The average molecular weight is 264 g/mol. The summed E-state index contributed by atoms with van der Waals surface area (Å²) in [5.41, 5.74) is 6.04. The first-order valence-electron chi connectivity index (χ1n) is 6.57. The highest BCUT2D eigenvalue weighted by Gasteiger charge is 2.10. The molecule has 7 nitrogen and oxygen atoms in total. The van der Waals surface area contributed by atoms with Crippen molar-refractivity contribution < 1.29 is 0 Å². The zero-order chi connectivity index (χ0) is 13.8. The second-order valence-corrected chi connectivity index (χ2v) is 4.63. The van der Waals surface area contributed by atoms with Gasteiger partial charge in [0.2, 0.25) is 0 Å². The van der Waals surface area contributed by atoms with Crippen molar-refractivity contribution in [3.63, 3.8) is 0 Å². The van der Waals surface area contributed by atoms with E-state index in [4.69, 9.17) is 5.73 Å². The highest BCUT2D eigenvalue weighted by molar-refractivity contribution is 5.50. The van der Waals surface area contributed by atoms with Gasteiger partial charge < -0.3 is 11.1 Å². The van der Waals surface area contributed by atoms with E-state index in [-0.39, 0.29) is 11.7 Å². The van der Waals surface area contributed by atoms with Crippen LogP contribution in [0.15, 0.2) is 10.9 Å². The Balaban J connectivity index is 2.23. The normalized spacial score (nSPS) is 12.8. The molecular weight excluding hydrogens is 244 g/mol. The number of aromatic nitrogens is 4. The van der Waals surface area contributed by atoms with E-state index >= 15 is 0 Å². The molecule has 0 saturated heterocycles. The Hall–Kier alpha value is -1.89. The Morgan fingerprint density at radius 2 is 2.37 bits per heavy atom. The quantitative estimate of drug-likeness (QED) is 0.711. The molecule has 0 saturated carbocycles. The first-order chi connectivity index (χ1) is 9.15. The van der Waals surface area contributed by atoms with E-state index in [1.807, 2.05) is 0 Å². The summed E-state index contributed by atoms with van der Waals surface area (Å²) >= 11 is 0. The zero-order valence-electron chi connectivity index (χ0n) is 11.3. The van der Waals surface area contributed by atoms with Crippen LogP contribution in [0.25, 0.3) is 5.65 Å². The monoisotopic (exact) mass is 264 g/mol. The fraction of sp³-hybridized carbons (Fsp3) is 0.583. The van der Waals surface area contributed by atoms with E-state index in [0.717, 1.165) is 19.3 Å². The summed E-state index contributed by atoms with van der Waals surface area (Å²) in [6, 6.07) is 1.94. The van der Waals surface area contributed by atoms with Gasteiger partial charge in [0.1, 0.15) is 11.6 Å². The molecule has 0 spiro atoms. The predicted molar refractivity (Wildman–Crippen MR) is 74.3 cm³/mol. The maximum absolute atomic E-state index is 11.5. The molecule has 0 aliphatic rings. The lowest BCUT2D eigenvalue weighted by Crippen LogP contribution is -2.29. The third-order valence-electron chi connectivity index (χ3n) is 3.11. The Bertz CT molecular complexity index is 602. The zero-order valence-corrected chi connectivity index (χ0v) is 11.3. The van der Waals surface area contributed by atoms with Crippen LogP contribution in [0.1, 0.15) is 32.0 Å². The minimum Gasteiger partial charge on any atom is -0.366 e. The summed E-state index contributed by atoms with van der Waals surface area (Å²) in [6.45, 7) is 4.48. The summed E-state index contributed by atoms with van der Waals surface area (Å²) in [6.07, 6.45) is 3.27. The number of aromatic amines is 1. The number of nitrogens with zero attached hydrogens (tertiary/aromatic N) is 3. The number of unbranched alkanes of at least 4 members (excludes halogenated alkanes) is 1. The van der Waals surface area contributed by atoms with E-state index in [0.29, 0.717) is 23.8 Å². The highest BCUT2D eigenvalue weighted by atomic mass is 16.1. The van der Waals surface area contributed by atoms with Crippen LogP contribution < -0.4 is 16.7 Å². The van der Waals surface area contributed by atoms with Crippen molar-refractivity contribution in [3.05, 3.63) is 22.4 Å². The van der Waals surface area contributed by atoms with Crippen LogP contribution in [0.3, 0.4) is 0 Å². The number of rotatable bonds is 6. The van der Waals surface area contributed by atoms with Crippen molar-refractivity contribution in [1.82, 2.24) is 19.6 Å². The number of nitrogens with two attached hydrogens (primary N) is 1. The second-order valence-electron chi connectivity index (χ2n) is 4.63. The van der Waals surface area contributed by atoms with E-state index in [1.54, 1.807) is 13.0 Å². The predicted octanol–water partition coefficient (Wildman–Crippen LogP) is 0.655. The van der Waals surface area contributed by atoms with E-state index in [2.05, 4.69) is 27.4 Å². The van der Waals surface area contributed by atoms with Crippen molar-refractivity contribution in [3.8, 4) is 0 Å². The fourth-order valence-corrected chi connectivity index (χ4v) is 2.08. The van der Waals surface area contributed by atoms with E-state index in [9.17, 15) is 4.79 Å². The molecule has 2 heterocycles. The third kappa shape index (κ3) is 2.93. The molecule has 1 unspecified atom stereocenters. The van der Waals surface area contributed by atoms with Crippen LogP contribution in [0.2, 0.25) is 0 Å². The number of hydrogen-bond donors (Lipinski definition) is 3. The Morgan fingerprint density at radius 3 is 3.05 bits per heavy atom. The van der Waals surface area contributed by atoms with Crippen LogP contribution in [0.4, 0.5) is 5.82 Å². The molecule has 0 aliphatic heterocycles. The van der Waals surface area contributed by atoms with Gasteiger partial charge in [-0.3, -0.25) is 0 Å². The summed E-state index contributed by atoms with van der Waals surface area (Å²) < 4.78 is 1.44. The van der Waals surface area contributed by atoms with Gasteiger partial charge in [0.25, 0.3) is 0 Å². The number of anilines is 1. The van der Waals surface area contributed by atoms with E-state index in [1.165, 1.54) is 4.40 Å². The Morgan fingerprint density at radius 1 is 1.58 bits per heavy atom. The van der Waals surface area contributed by atoms with Gasteiger partial charge in [0.05, 0.1) is 0 Å². The van der Waals surface area contributed by atoms with Crippen molar-refractivity contribution in [2.75, 3.05) is 11.9 Å². The molecule has 4 N–H and O–H groups in total. The van der Waals surface area contributed by atoms with Crippen LogP contribution in [-0.4, -0.2) is 32.2 Å². The number of nitrogens with one attached hydrogen (secondary N) is 2. The van der Waals surface area contributed by atoms with Gasteiger partial charge in [-0.2, -0.15) is 5.10 Å². The van der Waals surface area contributed by atoms with Crippen LogP contribution in [0, 0.1) is 6.92 Å². The largest absolute Gasteiger partial charge is 0.366 e. The summed E-state index contributed by atoms with van der Waals surface area (Å²) in [5.74, 6) is 1.31. The third-order valence-corrected chi connectivity index (χ3v) is 3.11. The molecule has 104 valence electrons. The van der Waals surface area contributed by atoms with Crippen molar-refractivity contribution in [2.45, 2.75) is 39.2 Å². The van der Waals surface area contributed by atoms with Gasteiger partial charge in [0, 0.05) is 18.7 Å². The lowest BCUT2D eigenvalue weighted by molar-refractivity contribution is 0.612. The minimum absolute atomic E-state index is 0.194. The first-order valence-corrected chi connectivity index (χ1v) is 6.57. The van der Waals surface area contributed by atoms with Gasteiger partial charge in [-0.1, -0.05) is 19.8 Å². The molecule has 19 heavy (non-hydrogen) atoms. The SMILES string of the molecule is CCCCC(CN)Nc1cc2n[nH]c(=O)n2c(C)n1. The van der Waals surface area contributed by atoms with Crippen LogP contribution in [-0.2, 0) is 0 Å². The smallest absolute Gasteiger partial charge is 0.349 e. The van der Waals surface area contributed by atoms with E-state index < -0.39 is 0 Å². The highest BCUT2D eigenvalue weighted by Crippen LogP contribution is 2.11. The van der Waals surface area contributed by atoms with Gasteiger partial charge in [-0.25, -0.2) is 19.3 Å². The summed E-state index contributed by atoms with van der Waals surface area (Å²) in [5, 5.41) is 9.66. The number of hydrogen-bond acceptors (Lipinski definition) is 5. The van der Waals surface area contributed by atoms with Crippen molar-refractivity contribution >= 4 is 11.5 Å². The molecule has 0 bridgehead atoms. The number of H-pyrrole nitrogens is 1. The molecular formula is C12H20N6O. The second kappa shape index (κ2) is 5.83. The van der Waals surface area contributed by atoms with Gasteiger partial charge in [0.15, 0.2) is 5.65 Å². The van der Waals surface area contributed by atoms with Crippen molar-refractivity contribution in [1.29, 1.82) is 0 Å². The van der Waals surface area contributed by atoms with Crippen molar-refractivity contribution in [2.24, 2.45) is 5.73 Å². The van der Waals surface area contributed by atoms with Crippen LogP contribution >= 0.6 is 0 Å². The molecule has 1 atom stereocenters. The lowest BCUT2D eigenvalue weighted by atomic mass is 10.1. The molecule has 2 aromatic rings. The molecule has 0 fully saturated rings. The van der Waals surface area contributed by atoms with Gasteiger partial charge >= 0.3 is 5.69 Å². The maximum atomic E-state index is 11.5. The molecule has 0 amide bonds. The molecule has 0 aliphatic carbocycles. The molecule has 2 aromatic heterocycles. The average Bonchev–Trinajstić information content (AvgIpc) is 2.76. The number of aryl methyl sites for hydroxylation is 1. The van der Waals surface area contributed by atoms with Gasteiger partial charge in [-0.05, 0) is 13.3 Å². The molecule has 0 aromatic carbocycles. The Labute approximate surface area is 111 Å². The minimum atomic E-state index is -0.270.